The van der Waals surface area contributed by atoms with Crippen molar-refractivity contribution in [2.75, 3.05) is 18.0 Å². The third-order valence-electron chi connectivity index (χ3n) is 5.75. The van der Waals surface area contributed by atoms with Crippen LogP contribution in [0.2, 0.25) is 0 Å². The van der Waals surface area contributed by atoms with Crippen LogP contribution in [0, 0.1) is 0 Å². The topological polar surface area (TPSA) is 92.2 Å². The molecule has 11 heteroatoms. The van der Waals surface area contributed by atoms with Gasteiger partial charge in [0.1, 0.15) is 0 Å². The maximum Gasteiger partial charge on any atom is 0.417 e. The fourth-order valence-electron chi connectivity index (χ4n) is 4.13. The molecule has 2 amide bonds. The standard InChI is InChI=1S/C24H25F3N6O2/c1-15(2)22-18(13-29-33(22)20-10-9-17(12-28-20)24(25,26)27)23(35)31-30-21(34)14-32-11-5-7-16-6-3-4-8-19(16)32/h3-4,6,8-10,12-13,15H,5,7,11,14H2,1-2H3,(H,30,34)(H,31,35). The molecular weight excluding hydrogens is 461 g/mol. The number of nitrogens with one attached hydrogen (secondary N) is 2. The first kappa shape index (κ1) is 24.2. The second-order valence-electron chi connectivity index (χ2n) is 8.57. The van der Waals surface area contributed by atoms with Crippen LogP contribution >= 0.6 is 0 Å². The summed E-state index contributed by atoms with van der Waals surface area (Å²) in [6, 6.07) is 10.0. The Bertz CT molecular complexity index is 1220. The van der Waals surface area contributed by atoms with Crippen molar-refractivity contribution in [1.29, 1.82) is 0 Å². The van der Waals surface area contributed by atoms with Crippen molar-refractivity contribution >= 4 is 17.5 Å². The van der Waals surface area contributed by atoms with E-state index in [2.05, 4.69) is 20.9 Å². The van der Waals surface area contributed by atoms with Gasteiger partial charge in [-0.3, -0.25) is 20.4 Å². The van der Waals surface area contributed by atoms with Crippen LogP contribution in [0.1, 0.15) is 53.4 Å². The molecule has 3 aromatic rings. The predicted molar refractivity (Wildman–Crippen MR) is 123 cm³/mol. The van der Waals surface area contributed by atoms with Crippen LogP contribution in [0.4, 0.5) is 18.9 Å². The Kier molecular flexibility index (Phi) is 6.77. The van der Waals surface area contributed by atoms with E-state index in [9.17, 15) is 22.8 Å². The van der Waals surface area contributed by atoms with Gasteiger partial charge in [0, 0.05) is 18.4 Å². The lowest BCUT2D eigenvalue weighted by Crippen LogP contribution is -2.47. The second kappa shape index (κ2) is 9.77. The van der Waals surface area contributed by atoms with Crippen LogP contribution in [0.25, 0.3) is 5.82 Å². The van der Waals surface area contributed by atoms with Gasteiger partial charge < -0.3 is 4.90 Å². The van der Waals surface area contributed by atoms with Gasteiger partial charge in [0.15, 0.2) is 5.82 Å². The Morgan fingerprint density at radius 2 is 1.86 bits per heavy atom. The van der Waals surface area contributed by atoms with Gasteiger partial charge in [-0.1, -0.05) is 32.0 Å². The smallest absolute Gasteiger partial charge is 0.362 e. The number of nitrogens with zero attached hydrogens (tertiary/aromatic N) is 4. The summed E-state index contributed by atoms with van der Waals surface area (Å²) in [5.74, 6) is -1.02. The Labute approximate surface area is 200 Å². The number of hydrogen-bond donors (Lipinski definition) is 2. The van der Waals surface area contributed by atoms with Gasteiger partial charge in [-0.25, -0.2) is 9.67 Å². The molecule has 8 nitrogen and oxygen atoms in total. The first-order valence-corrected chi connectivity index (χ1v) is 11.2. The number of anilines is 1. The van der Waals surface area contributed by atoms with Crippen molar-refractivity contribution in [3.8, 4) is 5.82 Å². The summed E-state index contributed by atoms with van der Waals surface area (Å²) >= 11 is 0. The van der Waals surface area contributed by atoms with E-state index in [0.29, 0.717) is 5.69 Å². The van der Waals surface area contributed by atoms with E-state index in [1.807, 2.05) is 43.0 Å². The van der Waals surface area contributed by atoms with Crippen LogP contribution in [0.5, 0.6) is 0 Å². The number of halogens is 3. The first-order valence-electron chi connectivity index (χ1n) is 11.2. The molecule has 1 aliphatic heterocycles. The number of rotatable bonds is 5. The molecule has 0 atom stereocenters. The normalized spacial score (nSPS) is 13.5. The summed E-state index contributed by atoms with van der Waals surface area (Å²) in [4.78, 5) is 31.2. The molecule has 184 valence electrons. The van der Waals surface area contributed by atoms with Crippen LogP contribution < -0.4 is 15.8 Å². The molecule has 0 saturated heterocycles. The van der Waals surface area contributed by atoms with E-state index >= 15 is 0 Å². The summed E-state index contributed by atoms with van der Waals surface area (Å²) in [5, 5.41) is 4.16. The number of benzene rings is 1. The number of fused-ring (bicyclic) bond motifs is 1. The van der Waals surface area contributed by atoms with E-state index in [0.717, 1.165) is 37.3 Å². The molecule has 0 fully saturated rings. The number of carbonyl (C=O) groups excluding carboxylic acids is 2. The molecule has 0 saturated carbocycles. The van der Waals surface area contributed by atoms with Crippen molar-refractivity contribution in [2.45, 2.75) is 38.8 Å². The molecule has 0 spiro atoms. The molecule has 1 aromatic carbocycles. The zero-order chi connectivity index (χ0) is 25.2. The maximum absolute atomic E-state index is 12.9. The summed E-state index contributed by atoms with van der Waals surface area (Å²) in [6.07, 6.45) is -0.584. The van der Waals surface area contributed by atoms with Gasteiger partial charge in [-0.2, -0.15) is 18.3 Å². The molecule has 0 radical (unpaired) electrons. The lowest BCUT2D eigenvalue weighted by atomic mass is 10.0. The number of hydrogen-bond acceptors (Lipinski definition) is 5. The SMILES string of the molecule is CC(C)c1c(C(=O)NNC(=O)CN2CCCc3ccccc32)cnn1-c1ccc(C(F)(F)F)cn1. The minimum absolute atomic E-state index is 0.0864. The lowest BCUT2D eigenvalue weighted by Gasteiger charge is -2.30. The number of aryl methyl sites for hydroxylation is 1. The number of para-hydroxylation sites is 1. The number of pyridine rings is 1. The molecule has 3 heterocycles. The van der Waals surface area contributed by atoms with E-state index in [-0.39, 0.29) is 29.8 Å². The van der Waals surface area contributed by atoms with Gasteiger partial charge in [0.05, 0.1) is 29.6 Å². The highest BCUT2D eigenvalue weighted by Gasteiger charge is 2.31. The molecule has 0 unspecified atom stereocenters. The first-order chi connectivity index (χ1) is 16.6. The third-order valence-corrected chi connectivity index (χ3v) is 5.75. The average molecular weight is 486 g/mol. The van der Waals surface area contributed by atoms with Gasteiger partial charge in [-0.05, 0) is 42.5 Å². The third kappa shape index (κ3) is 5.28. The highest BCUT2D eigenvalue weighted by Crippen LogP contribution is 2.30. The molecule has 0 aliphatic carbocycles. The fourth-order valence-corrected chi connectivity index (χ4v) is 4.13. The van der Waals surface area contributed by atoms with Crippen molar-refractivity contribution in [1.82, 2.24) is 25.6 Å². The van der Waals surface area contributed by atoms with Crippen LogP contribution in [-0.2, 0) is 17.4 Å². The van der Waals surface area contributed by atoms with Crippen molar-refractivity contribution in [3.05, 3.63) is 71.2 Å². The van der Waals surface area contributed by atoms with Crippen molar-refractivity contribution in [2.24, 2.45) is 0 Å². The number of hydrazine groups is 1. The Morgan fingerprint density at radius 1 is 1.09 bits per heavy atom. The fraction of sp³-hybridized carbons (Fsp3) is 0.333. The molecule has 0 bridgehead atoms. The van der Waals surface area contributed by atoms with Gasteiger partial charge >= 0.3 is 6.18 Å². The van der Waals surface area contributed by atoms with Gasteiger partial charge in [-0.15, -0.1) is 0 Å². The maximum atomic E-state index is 12.9. The Balaban J connectivity index is 1.45. The lowest BCUT2D eigenvalue weighted by molar-refractivity contribution is -0.137. The monoisotopic (exact) mass is 486 g/mol. The van der Waals surface area contributed by atoms with E-state index in [1.54, 1.807) is 0 Å². The number of carbonyl (C=O) groups is 2. The minimum Gasteiger partial charge on any atom is -0.362 e. The van der Waals surface area contributed by atoms with Crippen LogP contribution in [0.3, 0.4) is 0 Å². The van der Waals surface area contributed by atoms with E-state index in [1.165, 1.54) is 22.5 Å². The van der Waals surface area contributed by atoms with Crippen molar-refractivity contribution < 1.29 is 22.8 Å². The van der Waals surface area contributed by atoms with E-state index in [4.69, 9.17) is 0 Å². The van der Waals surface area contributed by atoms with E-state index < -0.39 is 17.6 Å². The largest absolute Gasteiger partial charge is 0.417 e. The number of amides is 2. The predicted octanol–water partition coefficient (Wildman–Crippen LogP) is 3.62. The minimum atomic E-state index is -4.50. The quantitative estimate of drug-likeness (QED) is 0.538. The highest BCUT2D eigenvalue weighted by molar-refractivity contribution is 5.96. The number of aromatic nitrogens is 3. The highest BCUT2D eigenvalue weighted by atomic mass is 19.4. The zero-order valence-corrected chi connectivity index (χ0v) is 19.3. The molecule has 2 aromatic heterocycles. The molecule has 4 rings (SSSR count). The van der Waals surface area contributed by atoms with Crippen LogP contribution in [0.15, 0.2) is 48.8 Å². The molecule has 35 heavy (non-hydrogen) atoms. The van der Waals surface area contributed by atoms with Gasteiger partial charge in [0.25, 0.3) is 11.8 Å². The molecular formula is C24H25F3N6O2. The zero-order valence-electron chi connectivity index (χ0n) is 19.3. The van der Waals surface area contributed by atoms with Crippen LogP contribution in [-0.4, -0.2) is 39.7 Å². The van der Waals surface area contributed by atoms with Crippen molar-refractivity contribution in [3.63, 3.8) is 0 Å². The number of alkyl halides is 3. The summed E-state index contributed by atoms with van der Waals surface area (Å²) < 4.78 is 39.9. The Hall–Kier alpha value is -3.89. The second-order valence-corrected chi connectivity index (χ2v) is 8.57. The molecule has 2 N–H and O–H groups in total. The Morgan fingerprint density at radius 3 is 2.54 bits per heavy atom. The molecule has 1 aliphatic rings. The average Bonchev–Trinajstić information content (AvgIpc) is 3.28. The summed E-state index contributed by atoms with van der Waals surface area (Å²) in [7, 11) is 0. The van der Waals surface area contributed by atoms with Gasteiger partial charge in [0.2, 0.25) is 0 Å². The summed E-state index contributed by atoms with van der Waals surface area (Å²) in [6.45, 7) is 4.47. The summed E-state index contributed by atoms with van der Waals surface area (Å²) in [5.41, 5.74) is 6.80.